The number of rotatable bonds is 7. The molecule has 0 fully saturated rings. The summed E-state index contributed by atoms with van der Waals surface area (Å²) in [5, 5.41) is 12.5. The van der Waals surface area contributed by atoms with Gasteiger partial charge in [-0.05, 0) is 36.8 Å². The molecule has 0 atom stereocenters. The first-order chi connectivity index (χ1) is 16.6. The Hall–Kier alpha value is -4.05. The first kappa shape index (κ1) is 21.8. The van der Waals surface area contributed by atoms with E-state index in [2.05, 4.69) is 25.5 Å². The van der Waals surface area contributed by atoms with Gasteiger partial charge in [0.15, 0.2) is 11.5 Å². The van der Waals surface area contributed by atoms with Crippen LogP contribution in [0.15, 0.2) is 73.2 Å². The largest absolute Gasteiger partial charge is 0.310 e. The molecule has 0 bridgehead atoms. The molecule has 0 aliphatic rings. The third kappa shape index (κ3) is 4.53. The van der Waals surface area contributed by atoms with E-state index in [9.17, 15) is 9.18 Å². The van der Waals surface area contributed by atoms with Gasteiger partial charge in [0, 0.05) is 11.8 Å². The summed E-state index contributed by atoms with van der Waals surface area (Å²) in [6.45, 7) is 1.84. The molecule has 170 valence electrons. The smallest absolute Gasteiger partial charge is 0.235 e. The molecule has 0 saturated heterocycles. The molecule has 8 nitrogen and oxygen atoms in total. The highest BCUT2D eigenvalue weighted by molar-refractivity contribution is 7.99. The quantitative estimate of drug-likeness (QED) is 0.379. The van der Waals surface area contributed by atoms with Gasteiger partial charge in [0.05, 0.1) is 28.7 Å². The summed E-state index contributed by atoms with van der Waals surface area (Å²) in [5.41, 5.74) is 3.11. The van der Waals surface area contributed by atoms with Crippen molar-refractivity contribution in [3.8, 4) is 11.5 Å². The molecule has 3 heterocycles. The van der Waals surface area contributed by atoms with Crippen molar-refractivity contribution in [1.82, 2.24) is 29.5 Å². The van der Waals surface area contributed by atoms with Crippen LogP contribution < -0.4 is 5.32 Å². The summed E-state index contributed by atoms with van der Waals surface area (Å²) in [6.07, 6.45) is 3.05. The average molecular weight is 474 g/mol. The fourth-order valence-electron chi connectivity index (χ4n) is 3.54. The van der Waals surface area contributed by atoms with Crippen molar-refractivity contribution in [2.45, 2.75) is 12.7 Å². The van der Waals surface area contributed by atoms with Crippen LogP contribution in [-0.2, 0) is 10.5 Å². The molecule has 10 heteroatoms. The van der Waals surface area contributed by atoms with Gasteiger partial charge in [0.2, 0.25) is 5.91 Å². The van der Waals surface area contributed by atoms with Crippen molar-refractivity contribution in [2.24, 2.45) is 0 Å². The number of aromatic nitrogens is 6. The molecule has 5 rings (SSSR count). The lowest BCUT2D eigenvalue weighted by atomic mass is 10.2. The van der Waals surface area contributed by atoms with Crippen LogP contribution in [0.25, 0.3) is 22.5 Å². The summed E-state index contributed by atoms with van der Waals surface area (Å²) in [5.74, 6) is 1.60. The first-order valence-corrected chi connectivity index (χ1v) is 11.7. The van der Waals surface area contributed by atoms with E-state index in [0.717, 1.165) is 11.4 Å². The number of amides is 1. The number of halogens is 1. The van der Waals surface area contributed by atoms with E-state index in [0.29, 0.717) is 34.1 Å². The van der Waals surface area contributed by atoms with Crippen molar-refractivity contribution in [1.29, 1.82) is 0 Å². The Labute approximate surface area is 198 Å². The number of anilines is 1. The van der Waals surface area contributed by atoms with E-state index < -0.39 is 0 Å². The number of nitrogens with zero attached hydrogens (tertiary/aromatic N) is 6. The van der Waals surface area contributed by atoms with Gasteiger partial charge in [-0.2, -0.15) is 14.9 Å². The van der Waals surface area contributed by atoms with Crippen molar-refractivity contribution < 1.29 is 9.18 Å². The zero-order chi connectivity index (χ0) is 23.5. The zero-order valence-corrected chi connectivity index (χ0v) is 19.0. The number of aryl methyl sites for hydroxylation is 1. The first-order valence-electron chi connectivity index (χ1n) is 10.5. The van der Waals surface area contributed by atoms with Gasteiger partial charge in [0.25, 0.3) is 0 Å². The van der Waals surface area contributed by atoms with E-state index in [1.807, 2.05) is 37.3 Å². The van der Waals surface area contributed by atoms with Crippen molar-refractivity contribution in [3.05, 3.63) is 90.3 Å². The third-order valence-electron chi connectivity index (χ3n) is 5.06. The minimum Gasteiger partial charge on any atom is -0.310 e. The van der Waals surface area contributed by atoms with Crippen LogP contribution in [0.4, 0.5) is 10.2 Å². The molecule has 3 aromatic heterocycles. The Kier molecular flexibility index (Phi) is 6.05. The normalized spacial score (nSPS) is 11.1. The van der Waals surface area contributed by atoms with Crippen LogP contribution in [0, 0.1) is 12.7 Å². The van der Waals surface area contributed by atoms with E-state index >= 15 is 0 Å². The number of benzene rings is 2. The molecular weight excluding hydrogens is 453 g/mol. The number of fused-ring (bicyclic) bond motifs is 1. The number of carbonyl (C=O) groups excluding carboxylic acids is 1. The van der Waals surface area contributed by atoms with Gasteiger partial charge >= 0.3 is 0 Å². The SMILES string of the molecule is Cc1cc(NC(=O)CSCc2ccccc2)n(-c2ncnc3c2cnn3-c2ccc(F)cc2)n1. The van der Waals surface area contributed by atoms with E-state index in [4.69, 9.17) is 0 Å². The van der Waals surface area contributed by atoms with E-state index in [1.54, 1.807) is 33.8 Å². The molecule has 5 aromatic rings. The second kappa shape index (κ2) is 9.44. The minimum atomic E-state index is -0.329. The molecular formula is C24H20FN7OS. The maximum absolute atomic E-state index is 13.3. The zero-order valence-electron chi connectivity index (χ0n) is 18.2. The highest BCUT2D eigenvalue weighted by Gasteiger charge is 2.17. The number of thioether (sulfide) groups is 1. The summed E-state index contributed by atoms with van der Waals surface area (Å²) >= 11 is 1.54. The maximum Gasteiger partial charge on any atom is 0.235 e. The molecule has 0 unspecified atom stereocenters. The van der Waals surface area contributed by atoms with Gasteiger partial charge in [-0.3, -0.25) is 4.79 Å². The second-order valence-corrected chi connectivity index (χ2v) is 8.56. The molecule has 0 aliphatic carbocycles. The van der Waals surface area contributed by atoms with Gasteiger partial charge in [-0.25, -0.2) is 19.0 Å². The number of carbonyl (C=O) groups is 1. The van der Waals surface area contributed by atoms with Crippen LogP contribution in [0.1, 0.15) is 11.3 Å². The molecule has 34 heavy (non-hydrogen) atoms. The van der Waals surface area contributed by atoms with Crippen molar-refractivity contribution in [3.63, 3.8) is 0 Å². The summed E-state index contributed by atoms with van der Waals surface area (Å²) in [7, 11) is 0. The van der Waals surface area contributed by atoms with E-state index in [1.165, 1.54) is 35.8 Å². The predicted octanol–water partition coefficient (Wildman–Crippen LogP) is 4.32. The summed E-state index contributed by atoms with van der Waals surface area (Å²) in [4.78, 5) is 21.4. The standard InChI is InChI=1S/C24H20FN7OS/c1-16-11-21(29-22(33)14-34-13-17-5-3-2-4-6-17)32(30-16)24-20-12-28-31(23(20)26-15-27-24)19-9-7-18(25)8-10-19/h2-12,15H,13-14H2,1H3,(H,29,33). The number of hydrogen-bond acceptors (Lipinski definition) is 6. The highest BCUT2D eigenvalue weighted by atomic mass is 32.2. The van der Waals surface area contributed by atoms with Crippen LogP contribution >= 0.6 is 11.8 Å². The Morgan fingerprint density at radius 2 is 1.85 bits per heavy atom. The summed E-state index contributed by atoms with van der Waals surface area (Å²) < 4.78 is 16.5. The monoisotopic (exact) mass is 473 g/mol. The van der Waals surface area contributed by atoms with Crippen LogP contribution in [0.3, 0.4) is 0 Å². The Morgan fingerprint density at radius 3 is 2.65 bits per heavy atom. The molecule has 0 saturated carbocycles. The topological polar surface area (TPSA) is 90.5 Å². The number of hydrogen-bond donors (Lipinski definition) is 1. The average Bonchev–Trinajstić information content (AvgIpc) is 3.43. The van der Waals surface area contributed by atoms with Gasteiger partial charge in [-0.1, -0.05) is 30.3 Å². The molecule has 0 radical (unpaired) electrons. The second-order valence-electron chi connectivity index (χ2n) is 7.58. The predicted molar refractivity (Wildman–Crippen MR) is 130 cm³/mol. The van der Waals surface area contributed by atoms with Gasteiger partial charge < -0.3 is 5.32 Å². The van der Waals surface area contributed by atoms with Crippen molar-refractivity contribution >= 4 is 34.5 Å². The molecule has 0 spiro atoms. The lowest BCUT2D eigenvalue weighted by Gasteiger charge is -2.09. The Morgan fingerprint density at radius 1 is 1.06 bits per heavy atom. The van der Waals surface area contributed by atoms with Crippen LogP contribution in [0.2, 0.25) is 0 Å². The Bertz CT molecular complexity index is 1450. The van der Waals surface area contributed by atoms with E-state index in [-0.39, 0.29) is 11.7 Å². The Balaban J connectivity index is 1.39. The fraction of sp³-hybridized carbons (Fsp3) is 0.125. The highest BCUT2D eigenvalue weighted by Crippen LogP contribution is 2.24. The van der Waals surface area contributed by atoms with Crippen LogP contribution in [-0.4, -0.2) is 41.2 Å². The van der Waals surface area contributed by atoms with Crippen molar-refractivity contribution in [2.75, 3.05) is 11.1 Å². The third-order valence-corrected chi connectivity index (χ3v) is 6.06. The number of nitrogens with one attached hydrogen (secondary N) is 1. The lowest BCUT2D eigenvalue weighted by Crippen LogP contribution is -2.17. The molecule has 1 amide bonds. The fourth-order valence-corrected chi connectivity index (χ4v) is 4.32. The molecule has 1 N–H and O–H groups in total. The summed E-state index contributed by atoms with van der Waals surface area (Å²) in [6, 6.07) is 17.8. The van der Waals surface area contributed by atoms with Gasteiger partial charge in [-0.15, -0.1) is 11.8 Å². The molecule has 2 aromatic carbocycles. The maximum atomic E-state index is 13.3. The molecule has 0 aliphatic heterocycles. The van der Waals surface area contributed by atoms with Crippen LogP contribution in [0.5, 0.6) is 0 Å². The minimum absolute atomic E-state index is 0.130. The lowest BCUT2D eigenvalue weighted by molar-refractivity contribution is -0.113. The van der Waals surface area contributed by atoms with Gasteiger partial charge in [0.1, 0.15) is 18.0 Å².